The van der Waals surface area contributed by atoms with Gasteiger partial charge in [-0.15, -0.1) is 16.6 Å². The van der Waals surface area contributed by atoms with E-state index in [2.05, 4.69) is 69.4 Å². The molecule has 2 amide bonds. The van der Waals surface area contributed by atoms with Crippen molar-refractivity contribution in [1.82, 2.24) is 40.3 Å². The summed E-state index contributed by atoms with van der Waals surface area (Å²) in [4.78, 5) is 42.4. The summed E-state index contributed by atoms with van der Waals surface area (Å²) < 4.78 is 5.94. The molecule has 5 aliphatic rings. The molecule has 7 heterocycles. The fourth-order valence-electron chi connectivity index (χ4n) is 12.2. The third-order valence-corrected chi connectivity index (χ3v) is 16.3. The molecule has 16 nitrogen and oxygen atoms in total. The van der Waals surface area contributed by atoms with Gasteiger partial charge in [0.1, 0.15) is 17.7 Å². The number of phenols is 1. The average molecular weight is 970 g/mol. The molecule has 5 atom stereocenters. The van der Waals surface area contributed by atoms with E-state index in [1.807, 2.05) is 76.3 Å². The molecule has 5 fully saturated rings. The number of aromatic nitrogens is 3. The van der Waals surface area contributed by atoms with Crippen molar-refractivity contribution in [2.75, 3.05) is 94.2 Å². The minimum Gasteiger partial charge on any atom is -0.507 e. The van der Waals surface area contributed by atoms with Crippen molar-refractivity contribution in [3.8, 4) is 29.4 Å². The first kappa shape index (κ1) is 50.2. The molecule has 1 unspecified atom stereocenters. The molecule has 71 heavy (non-hydrogen) atoms. The van der Waals surface area contributed by atoms with Crippen LogP contribution in [-0.2, 0) is 9.59 Å². The monoisotopic (exact) mass is 970 g/mol. The second-order valence-electron chi connectivity index (χ2n) is 21.2. The number of nitrogens with zero attached hydrogens (tertiary/aromatic N) is 9. The van der Waals surface area contributed by atoms with Crippen LogP contribution in [0.1, 0.15) is 101 Å². The maximum absolute atomic E-state index is 14.3. The number of terminal acetylenes is 1. The highest BCUT2D eigenvalue weighted by Gasteiger charge is 2.44. The number of piperidine rings is 3. The zero-order valence-electron chi connectivity index (χ0n) is 42.4. The summed E-state index contributed by atoms with van der Waals surface area (Å²) in [5.41, 5.74) is 4.06. The number of aromatic hydroxyl groups is 1. The molecule has 0 radical (unpaired) electrons. The first-order valence-electron chi connectivity index (χ1n) is 26.2. The second-order valence-corrected chi connectivity index (χ2v) is 21.2. The number of carbonyl (C=O) groups excluding carboxylic acids is 2. The van der Waals surface area contributed by atoms with Gasteiger partial charge >= 0.3 is 0 Å². The minimum absolute atomic E-state index is 0.0891. The highest BCUT2D eigenvalue weighted by molar-refractivity contribution is 5.91. The number of hydrogen-bond donors (Lipinski definition) is 4. The fraction of sp³-hybridized carbons (Fsp3) is 0.582. The lowest BCUT2D eigenvalue weighted by Crippen LogP contribution is -2.54. The van der Waals surface area contributed by atoms with Crippen molar-refractivity contribution >= 4 is 29.1 Å². The van der Waals surface area contributed by atoms with Crippen molar-refractivity contribution in [3.63, 3.8) is 0 Å². The molecule has 4 N–H and O–H groups in total. The molecule has 0 saturated carbocycles. The second kappa shape index (κ2) is 22.4. The van der Waals surface area contributed by atoms with Crippen molar-refractivity contribution in [2.24, 2.45) is 11.8 Å². The van der Waals surface area contributed by atoms with Gasteiger partial charge in [0.15, 0.2) is 17.4 Å². The minimum atomic E-state index is -0.795. The molecule has 380 valence electrons. The number of benzene rings is 2. The number of anilines is 3. The molecular formula is C55H75N11O5. The van der Waals surface area contributed by atoms with Crippen LogP contribution in [0.4, 0.5) is 17.3 Å². The normalized spacial score (nSPS) is 23.5. The van der Waals surface area contributed by atoms with Gasteiger partial charge in [-0.1, -0.05) is 49.2 Å². The van der Waals surface area contributed by atoms with E-state index < -0.39 is 18.1 Å². The quantitative estimate of drug-likeness (QED) is 0.112. The summed E-state index contributed by atoms with van der Waals surface area (Å²) in [5.74, 6) is 4.26. The standard InChI is InChI=1S/C55H75N11O5/c1-7-39-12-14-41(15-13-39)38(5)57-54(69)48-30-44(67)35-66(48)55(70)52(36(2)3)50-32-51(60-71-50)64-26-20-43(21-27-64)63-24-18-42(19-25-63)62-22-16-40(17-23-62)34-61-28-29-65(37(4)33-61)47-31-46(58-59-53(47)56-6)45-10-8-9-11-49(45)68/h1,8-15,31-32,36-38,40,42-44,48,52,67-68H,16-30,33-35H2,2-6H3,(H,56,59)(H,57,69)/t37-,38-,44+,48-,52?/m0/s1. The van der Waals surface area contributed by atoms with Crippen LogP contribution in [0, 0.1) is 24.2 Å². The summed E-state index contributed by atoms with van der Waals surface area (Å²) >= 11 is 0. The van der Waals surface area contributed by atoms with Gasteiger partial charge in [0.2, 0.25) is 11.8 Å². The summed E-state index contributed by atoms with van der Waals surface area (Å²) in [7, 11) is 1.89. The average Bonchev–Trinajstić information content (AvgIpc) is 4.04. The molecule has 9 rings (SSSR count). The first-order valence-corrected chi connectivity index (χ1v) is 26.2. The Morgan fingerprint density at radius 3 is 2.18 bits per heavy atom. The SMILES string of the molecule is C#Cc1ccc([C@H](C)NC(=O)[C@@H]2C[C@@H](O)CN2C(=O)C(c2cc(N3CCC(N4CCC(N5CCC(CN6CCN(c7cc(-c8ccccc8O)nnc7NC)[C@@H](C)C6)CC5)CC4)CC3)no2)C(C)C)cc1. The van der Waals surface area contributed by atoms with E-state index in [0.29, 0.717) is 35.1 Å². The Labute approximate surface area is 420 Å². The molecule has 2 aromatic heterocycles. The number of para-hydroxylation sites is 1. The number of nitrogens with one attached hydrogen (secondary N) is 2. The van der Waals surface area contributed by atoms with E-state index in [1.54, 1.807) is 6.07 Å². The van der Waals surface area contributed by atoms with Gasteiger partial charge in [-0.3, -0.25) is 14.5 Å². The van der Waals surface area contributed by atoms with Crippen molar-refractivity contribution in [2.45, 2.75) is 115 Å². The maximum atomic E-state index is 14.3. The summed E-state index contributed by atoms with van der Waals surface area (Å²) in [5, 5.41) is 40.9. The lowest BCUT2D eigenvalue weighted by Gasteiger charge is -2.46. The van der Waals surface area contributed by atoms with E-state index in [9.17, 15) is 19.8 Å². The van der Waals surface area contributed by atoms with Gasteiger partial charge in [-0.05, 0) is 126 Å². The number of amides is 2. The van der Waals surface area contributed by atoms with E-state index in [-0.39, 0.29) is 42.5 Å². The van der Waals surface area contributed by atoms with Crippen LogP contribution in [0.5, 0.6) is 5.75 Å². The van der Waals surface area contributed by atoms with Gasteiger partial charge in [-0.25, -0.2) is 0 Å². The first-order chi connectivity index (χ1) is 34.4. The summed E-state index contributed by atoms with van der Waals surface area (Å²) in [6.07, 6.45) is 12.0. The number of β-amino-alcohol motifs (C(OH)–C–C–N with tert-alkyl or cyclic N) is 1. The molecule has 0 bridgehead atoms. The smallest absolute Gasteiger partial charge is 0.243 e. The largest absolute Gasteiger partial charge is 0.507 e. The fourth-order valence-corrected chi connectivity index (χ4v) is 12.2. The Balaban J connectivity index is 0.706. The predicted molar refractivity (Wildman–Crippen MR) is 277 cm³/mol. The molecule has 2 aromatic carbocycles. The Morgan fingerprint density at radius 2 is 1.54 bits per heavy atom. The van der Waals surface area contributed by atoms with Gasteiger partial charge < -0.3 is 49.9 Å². The number of aliphatic hydroxyl groups excluding tert-OH is 1. The molecule has 16 heteroatoms. The Hall–Kier alpha value is -5.73. The van der Waals surface area contributed by atoms with Crippen LogP contribution in [0.3, 0.4) is 0 Å². The Bertz CT molecular complexity index is 2470. The van der Waals surface area contributed by atoms with E-state index in [0.717, 1.165) is 99.6 Å². The number of hydrogen-bond acceptors (Lipinski definition) is 14. The lowest BCUT2D eigenvalue weighted by atomic mass is 9.91. The zero-order valence-corrected chi connectivity index (χ0v) is 42.4. The van der Waals surface area contributed by atoms with Crippen LogP contribution < -0.4 is 20.4 Å². The number of carbonyl (C=O) groups is 2. The van der Waals surface area contributed by atoms with Gasteiger partial charge in [-0.2, -0.15) is 0 Å². The van der Waals surface area contributed by atoms with Crippen LogP contribution >= 0.6 is 0 Å². The molecule has 0 aliphatic carbocycles. The van der Waals surface area contributed by atoms with Crippen LogP contribution in [0.15, 0.2) is 65.2 Å². The van der Waals surface area contributed by atoms with Crippen LogP contribution in [0.2, 0.25) is 0 Å². The summed E-state index contributed by atoms with van der Waals surface area (Å²) in [6, 6.07) is 19.2. The highest BCUT2D eigenvalue weighted by atomic mass is 16.5. The predicted octanol–water partition coefficient (Wildman–Crippen LogP) is 5.79. The maximum Gasteiger partial charge on any atom is 0.243 e. The van der Waals surface area contributed by atoms with Crippen molar-refractivity contribution < 1.29 is 24.3 Å². The van der Waals surface area contributed by atoms with Crippen LogP contribution in [0.25, 0.3) is 11.3 Å². The van der Waals surface area contributed by atoms with E-state index in [4.69, 9.17) is 10.9 Å². The zero-order chi connectivity index (χ0) is 49.8. The third kappa shape index (κ3) is 11.3. The molecule has 0 spiro atoms. The molecule has 5 aliphatic heterocycles. The number of phenolic OH excluding ortho intramolecular Hbond substituents is 1. The summed E-state index contributed by atoms with van der Waals surface area (Å²) in [6.45, 7) is 18.8. The molecular weight excluding hydrogens is 895 g/mol. The van der Waals surface area contributed by atoms with Crippen molar-refractivity contribution in [1.29, 1.82) is 0 Å². The van der Waals surface area contributed by atoms with Gasteiger partial charge in [0.25, 0.3) is 0 Å². The highest BCUT2D eigenvalue weighted by Crippen LogP contribution is 2.37. The van der Waals surface area contributed by atoms with Crippen molar-refractivity contribution in [3.05, 3.63) is 77.6 Å². The van der Waals surface area contributed by atoms with Gasteiger partial charge in [0, 0.05) is 94.6 Å². The number of piperazine rings is 1. The van der Waals surface area contributed by atoms with E-state index in [1.165, 1.54) is 43.7 Å². The topological polar surface area (TPSA) is 170 Å². The number of rotatable bonds is 14. The van der Waals surface area contributed by atoms with E-state index >= 15 is 0 Å². The van der Waals surface area contributed by atoms with Gasteiger partial charge in [0.05, 0.1) is 23.5 Å². The Morgan fingerprint density at radius 1 is 0.859 bits per heavy atom. The molecule has 5 saturated heterocycles. The lowest BCUT2D eigenvalue weighted by molar-refractivity contribution is -0.141. The van der Waals surface area contributed by atoms with Crippen LogP contribution in [-0.4, -0.2) is 166 Å². The Kier molecular flexibility index (Phi) is 15.8. The number of likely N-dealkylation sites (tertiary alicyclic amines) is 3. The number of aliphatic hydroxyl groups is 1. The third-order valence-electron chi connectivity index (χ3n) is 16.3. The molecule has 4 aromatic rings.